The van der Waals surface area contributed by atoms with Gasteiger partial charge in [0.2, 0.25) is 0 Å². The van der Waals surface area contributed by atoms with E-state index in [4.69, 9.17) is 0 Å². The molecule has 2 heteroatoms. The number of anilines is 6. The monoisotopic (exact) mass is 712 g/mol. The Morgan fingerprint density at radius 1 is 0.455 bits per heavy atom. The highest BCUT2D eigenvalue weighted by Crippen LogP contribution is 2.61. The number of hydrogen-bond donors (Lipinski definition) is 0. The molecule has 0 fully saturated rings. The minimum Gasteiger partial charge on any atom is -0.310 e. The maximum absolute atomic E-state index is 2.63. The van der Waals surface area contributed by atoms with Gasteiger partial charge in [0, 0.05) is 33.6 Å². The normalized spacial score (nSPS) is 17.2. The van der Waals surface area contributed by atoms with Crippen LogP contribution in [0.5, 0.6) is 0 Å². The predicted molar refractivity (Wildman–Crippen MR) is 231 cm³/mol. The largest absolute Gasteiger partial charge is 0.310 e. The average molecular weight is 713 g/mol. The molecule has 0 radical (unpaired) electrons. The predicted octanol–water partition coefficient (Wildman–Crippen LogP) is 14.2. The summed E-state index contributed by atoms with van der Waals surface area (Å²) in [4.78, 5) is 5.13. The smallest absolute Gasteiger partial charge is 0.0505 e. The Balaban J connectivity index is 1.23. The Hall–Kier alpha value is -5.86. The van der Waals surface area contributed by atoms with Crippen molar-refractivity contribution in [3.63, 3.8) is 0 Å². The van der Waals surface area contributed by atoms with Gasteiger partial charge in [-0.3, -0.25) is 0 Å². The molecule has 7 aromatic rings. The fraction of sp³-hybridized carbons (Fsp3) is 0.208. The summed E-state index contributed by atoms with van der Waals surface area (Å²) in [6.07, 6.45) is 4.35. The highest BCUT2D eigenvalue weighted by Gasteiger charge is 2.49. The van der Waals surface area contributed by atoms with Gasteiger partial charge >= 0.3 is 0 Å². The summed E-state index contributed by atoms with van der Waals surface area (Å²) in [5.41, 5.74) is 20.2. The second-order valence-electron chi connectivity index (χ2n) is 16.7. The van der Waals surface area contributed by atoms with Gasteiger partial charge in [0.15, 0.2) is 0 Å². The van der Waals surface area contributed by atoms with E-state index < -0.39 is 0 Å². The van der Waals surface area contributed by atoms with Crippen molar-refractivity contribution < 1.29 is 0 Å². The lowest BCUT2D eigenvalue weighted by molar-refractivity contribution is 0.508. The Bertz CT molecular complexity index is 2510. The van der Waals surface area contributed by atoms with E-state index in [1.807, 2.05) is 0 Å². The first kappa shape index (κ1) is 33.7. The van der Waals surface area contributed by atoms with Crippen molar-refractivity contribution >= 4 is 34.1 Å². The molecule has 10 rings (SSSR count). The number of aryl methyl sites for hydroxylation is 2. The Kier molecular flexibility index (Phi) is 7.89. The molecular formula is C53H48N2. The molecule has 0 heterocycles. The minimum atomic E-state index is -0.128. The van der Waals surface area contributed by atoms with E-state index >= 15 is 0 Å². The van der Waals surface area contributed by atoms with Crippen LogP contribution in [-0.2, 0) is 23.7 Å². The number of benzene rings is 7. The van der Waals surface area contributed by atoms with Crippen LogP contribution in [0.4, 0.5) is 34.1 Å². The quantitative estimate of drug-likeness (QED) is 0.162. The number of para-hydroxylation sites is 3. The maximum Gasteiger partial charge on any atom is 0.0505 e. The molecule has 0 unspecified atom stereocenters. The van der Waals surface area contributed by atoms with Crippen molar-refractivity contribution in [1.29, 1.82) is 0 Å². The number of hydrogen-bond acceptors (Lipinski definition) is 2. The zero-order valence-corrected chi connectivity index (χ0v) is 32.4. The lowest BCUT2D eigenvalue weighted by Gasteiger charge is -2.38. The summed E-state index contributed by atoms with van der Waals surface area (Å²) in [7, 11) is 0. The SMILES string of the molecule is CC(C)c1cc2c(cc1N(c1ccccc1)c1cccc3c1[C@]1(CCc4cccc(N(c5ccccc5)c5ccccc5)c41)CC3)C(C)(C)c1ccccc1-2. The first-order valence-corrected chi connectivity index (χ1v) is 20.2. The van der Waals surface area contributed by atoms with Gasteiger partial charge < -0.3 is 9.80 Å². The molecule has 0 N–H and O–H groups in total. The molecule has 270 valence electrons. The average Bonchev–Trinajstić information content (AvgIpc) is 3.87. The molecular weight excluding hydrogens is 665 g/mol. The summed E-state index contributed by atoms with van der Waals surface area (Å²) >= 11 is 0. The zero-order chi connectivity index (χ0) is 37.3. The van der Waals surface area contributed by atoms with Crippen LogP contribution in [0, 0.1) is 0 Å². The maximum atomic E-state index is 2.63. The van der Waals surface area contributed by atoms with E-state index in [1.165, 1.54) is 84.2 Å². The summed E-state index contributed by atoms with van der Waals surface area (Å²) < 4.78 is 0. The van der Waals surface area contributed by atoms with Crippen LogP contribution in [0.1, 0.15) is 85.4 Å². The first-order valence-electron chi connectivity index (χ1n) is 20.2. The summed E-state index contributed by atoms with van der Waals surface area (Å²) in [6.45, 7) is 9.53. The van der Waals surface area contributed by atoms with E-state index in [0.717, 1.165) is 25.7 Å². The van der Waals surface area contributed by atoms with Crippen LogP contribution in [0.3, 0.4) is 0 Å². The highest BCUT2D eigenvalue weighted by molar-refractivity contribution is 5.90. The van der Waals surface area contributed by atoms with Gasteiger partial charge in [0.1, 0.15) is 0 Å². The van der Waals surface area contributed by atoms with Crippen LogP contribution in [0.2, 0.25) is 0 Å². The van der Waals surface area contributed by atoms with Gasteiger partial charge in [0.05, 0.1) is 11.4 Å². The summed E-state index contributed by atoms with van der Waals surface area (Å²) in [5.74, 6) is 0.331. The molecule has 0 aliphatic heterocycles. The van der Waals surface area contributed by atoms with E-state index in [0.29, 0.717) is 5.92 Å². The minimum absolute atomic E-state index is 0.101. The lowest BCUT2D eigenvalue weighted by atomic mass is 9.74. The number of fused-ring (bicyclic) bond motifs is 7. The van der Waals surface area contributed by atoms with Gasteiger partial charge in [-0.05, 0) is 142 Å². The van der Waals surface area contributed by atoms with Gasteiger partial charge in [-0.1, -0.05) is 131 Å². The fourth-order valence-corrected chi connectivity index (χ4v) is 10.5. The van der Waals surface area contributed by atoms with Crippen molar-refractivity contribution in [2.24, 2.45) is 0 Å². The molecule has 55 heavy (non-hydrogen) atoms. The topological polar surface area (TPSA) is 6.48 Å². The third-order valence-corrected chi connectivity index (χ3v) is 13.0. The Morgan fingerprint density at radius 2 is 0.945 bits per heavy atom. The third-order valence-electron chi connectivity index (χ3n) is 13.0. The molecule has 2 nitrogen and oxygen atoms in total. The van der Waals surface area contributed by atoms with Gasteiger partial charge in [-0.25, -0.2) is 0 Å². The fourth-order valence-electron chi connectivity index (χ4n) is 10.5. The number of nitrogens with zero attached hydrogens (tertiary/aromatic N) is 2. The van der Waals surface area contributed by atoms with Gasteiger partial charge in [-0.2, -0.15) is 0 Å². The van der Waals surface area contributed by atoms with Crippen LogP contribution >= 0.6 is 0 Å². The van der Waals surface area contributed by atoms with Crippen LogP contribution in [-0.4, -0.2) is 0 Å². The van der Waals surface area contributed by atoms with E-state index in [2.05, 4.69) is 201 Å². The molecule has 3 aliphatic rings. The molecule has 0 amide bonds. The molecule has 0 bridgehead atoms. The van der Waals surface area contributed by atoms with Crippen molar-refractivity contribution in [3.8, 4) is 11.1 Å². The van der Waals surface area contributed by atoms with Crippen LogP contribution in [0.25, 0.3) is 11.1 Å². The van der Waals surface area contributed by atoms with E-state index in [1.54, 1.807) is 0 Å². The summed E-state index contributed by atoms with van der Waals surface area (Å²) in [5, 5.41) is 0. The van der Waals surface area contributed by atoms with Crippen LogP contribution in [0.15, 0.2) is 164 Å². The van der Waals surface area contributed by atoms with Gasteiger partial charge in [-0.15, -0.1) is 0 Å². The van der Waals surface area contributed by atoms with Gasteiger partial charge in [0.25, 0.3) is 0 Å². The molecule has 7 aromatic carbocycles. The molecule has 1 spiro atoms. The second-order valence-corrected chi connectivity index (χ2v) is 16.7. The van der Waals surface area contributed by atoms with Crippen molar-refractivity contribution in [2.45, 2.75) is 70.1 Å². The second kappa shape index (κ2) is 12.9. The standard InChI is InChI=1S/C53H48N2/c1-36(2)43-34-44-42-26-14-15-27-45(42)52(3,4)46(44)35-49(43)55(41-24-12-7-13-25-41)48-29-17-19-38-31-33-53(51(38)48)32-30-37-18-16-28-47(50(37)53)54(39-20-8-5-9-21-39)40-22-10-6-11-23-40/h5-29,34-36H,30-33H2,1-4H3/t53-/m1/s1. The number of rotatable bonds is 7. The van der Waals surface area contributed by atoms with E-state index in [-0.39, 0.29) is 10.8 Å². The molecule has 0 aromatic heterocycles. The highest BCUT2D eigenvalue weighted by atomic mass is 15.2. The van der Waals surface area contributed by atoms with E-state index in [9.17, 15) is 0 Å². The van der Waals surface area contributed by atoms with Crippen molar-refractivity contribution in [2.75, 3.05) is 9.80 Å². The molecule has 3 aliphatic carbocycles. The molecule has 1 atom stereocenters. The zero-order valence-electron chi connectivity index (χ0n) is 32.4. The van der Waals surface area contributed by atoms with Crippen molar-refractivity contribution in [1.82, 2.24) is 0 Å². The lowest BCUT2D eigenvalue weighted by Crippen LogP contribution is -2.27. The summed E-state index contributed by atoms with van der Waals surface area (Å²) in [6, 6.07) is 61.3. The van der Waals surface area contributed by atoms with Crippen molar-refractivity contribution in [3.05, 3.63) is 203 Å². The Morgan fingerprint density at radius 3 is 1.49 bits per heavy atom. The molecule has 0 saturated heterocycles. The first-order chi connectivity index (χ1) is 26.9. The Labute approximate surface area is 326 Å². The third kappa shape index (κ3) is 5.14. The van der Waals surface area contributed by atoms with Crippen LogP contribution < -0.4 is 9.80 Å². The molecule has 0 saturated carbocycles.